The summed E-state index contributed by atoms with van der Waals surface area (Å²) in [5.74, 6) is 0.468. The van der Waals surface area contributed by atoms with Gasteiger partial charge in [-0.15, -0.1) is 0 Å². The lowest BCUT2D eigenvalue weighted by Gasteiger charge is -2.41. The number of hydrogen-bond donors (Lipinski definition) is 0. The van der Waals surface area contributed by atoms with Gasteiger partial charge in [-0.1, -0.05) is 6.07 Å². The van der Waals surface area contributed by atoms with Crippen molar-refractivity contribution in [2.24, 2.45) is 5.92 Å². The fourth-order valence-corrected chi connectivity index (χ4v) is 5.06. The van der Waals surface area contributed by atoms with E-state index in [0.717, 1.165) is 25.9 Å². The molecule has 6 nitrogen and oxygen atoms in total. The summed E-state index contributed by atoms with van der Waals surface area (Å²) in [6.45, 7) is 9.61. The number of carbonyl (C=O) groups is 1. The Morgan fingerprint density at radius 1 is 1.19 bits per heavy atom. The topological polar surface area (TPSA) is 50.6 Å². The predicted octanol–water partition coefficient (Wildman–Crippen LogP) is 5.07. The first-order chi connectivity index (χ1) is 15.2. The second-order valence-corrected chi connectivity index (χ2v) is 11.0. The van der Waals surface area contributed by atoms with Crippen LogP contribution in [0, 0.1) is 5.92 Å². The van der Waals surface area contributed by atoms with Crippen molar-refractivity contribution in [3.8, 4) is 11.1 Å². The number of aromatic nitrogens is 2. The number of likely N-dealkylation sites (tertiary alicyclic amines) is 1. The molecule has 1 aliphatic carbocycles. The van der Waals surface area contributed by atoms with E-state index in [2.05, 4.69) is 47.0 Å². The van der Waals surface area contributed by atoms with Crippen LogP contribution in [0.25, 0.3) is 11.1 Å². The molecule has 6 heteroatoms. The Kier molecular flexibility index (Phi) is 5.22. The first-order valence-electron chi connectivity index (χ1n) is 12.1. The lowest BCUT2D eigenvalue weighted by molar-refractivity contribution is -0.000884. The molecule has 5 rings (SSSR count). The molecule has 0 N–H and O–H groups in total. The van der Waals surface area contributed by atoms with Crippen LogP contribution < -0.4 is 4.90 Å². The lowest BCUT2D eigenvalue weighted by Crippen LogP contribution is -2.52. The van der Waals surface area contributed by atoms with E-state index >= 15 is 0 Å². The summed E-state index contributed by atoms with van der Waals surface area (Å²) in [6, 6.07) is 5.74. The van der Waals surface area contributed by atoms with Gasteiger partial charge in [0.2, 0.25) is 0 Å². The van der Waals surface area contributed by atoms with E-state index in [0.29, 0.717) is 18.0 Å². The van der Waals surface area contributed by atoms with Crippen molar-refractivity contribution >= 4 is 11.8 Å². The van der Waals surface area contributed by atoms with Crippen molar-refractivity contribution in [1.82, 2.24) is 14.7 Å². The molecule has 0 bridgehead atoms. The zero-order chi connectivity index (χ0) is 22.6. The first kappa shape index (κ1) is 21.4. The van der Waals surface area contributed by atoms with Gasteiger partial charge >= 0.3 is 6.09 Å². The highest BCUT2D eigenvalue weighted by Gasteiger charge is 2.35. The van der Waals surface area contributed by atoms with Crippen molar-refractivity contribution in [2.75, 3.05) is 25.0 Å². The van der Waals surface area contributed by atoms with Crippen molar-refractivity contribution < 1.29 is 9.53 Å². The van der Waals surface area contributed by atoms with E-state index in [1.807, 2.05) is 31.9 Å². The number of rotatable bonds is 4. The summed E-state index contributed by atoms with van der Waals surface area (Å²) < 4.78 is 7.69. The Bertz CT molecular complexity index is 1010. The third-order valence-corrected chi connectivity index (χ3v) is 7.19. The number of fused-ring (bicyclic) bond motifs is 1. The highest BCUT2D eigenvalue weighted by Crippen LogP contribution is 2.41. The third kappa shape index (κ3) is 4.12. The molecule has 1 atom stereocenters. The molecule has 0 spiro atoms. The molecule has 1 unspecified atom stereocenters. The smallest absolute Gasteiger partial charge is 0.410 e. The summed E-state index contributed by atoms with van der Waals surface area (Å²) in [4.78, 5) is 16.7. The minimum absolute atomic E-state index is 0.191. The molecule has 1 aromatic carbocycles. The number of hydrogen-bond acceptors (Lipinski definition) is 4. The number of nitrogens with zero attached hydrogens (tertiary/aromatic N) is 4. The number of benzene rings is 1. The van der Waals surface area contributed by atoms with Gasteiger partial charge in [0.05, 0.1) is 12.2 Å². The Morgan fingerprint density at radius 2 is 1.94 bits per heavy atom. The average Bonchev–Trinajstić information content (AvgIpc) is 3.42. The highest BCUT2D eigenvalue weighted by atomic mass is 16.6. The molecule has 32 heavy (non-hydrogen) atoms. The second kappa shape index (κ2) is 7.82. The summed E-state index contributed by atoms with van der Waals surface area (Å²) in [6.07, 6.45) is 9.84. The van der Waals surface area contributed by atoms with Crippen molar-refractivity contribution in [3.05, 3.63) is 35.7 Å². The molecule has 1 amide bonds. The maximum absolute atomic E-state index is 12.4. The van der Waals surface area contributed by atoms with E-state index in [9.17, 15) is 4.79 Å². The lowest BCUT2D eigenvalue weighted by atomic mass is 9.82. The number of amides is 1. The third-order valence-electron chi connectivity index (χ3n) is 7.19. The standard InChI is InChI=1S/C26H36N4O2/c1-17-6-9-22-23(12-18-14-29(15-18)25(31)32-26(2,3)4)21(10-11-24(22)28(17)5)19-13-27-30(16-19)20-7-8-20/h10-11,13,16-18,20H,6-9,12,14-15H2,1-5H3. The molecule has 2 aliphatic heterocycles. The van der Waals surface area contributed by atoms with Crippen LogP contribution in [-0.4, -0.2) is 52.6 Å². The van der Waals surface area contributed by atoms with Crippen molar-refractivity contribution in [3.63, 3.8) is 0 Å². The molecule has 2 fully saturated rings. The summed E-state index contributed by atoms with van der Waals surface area (Å²) in [7, 11) is 2.21. The average molecular weight is 437 g/mol. The highest BCUT2D eigenvalue weighted by molar-refractivity contribution is 5.74. The normalized spacial score (nSPS) is 21.3. The van der Waals surface area contributed by atoms with Crippen LogP contribution in [0.3, 0.4) is 0 Å². The van der Waals surface area contributed by atoms with E-state index in [4.69, 9.17) is 4.74 Å². The Balaban J connectivity index is 1.40. The van der Waals surface area contributed by atoms with Crippen molar-refractivity contribution in [1.29, 1.82) is 0 Å². The van der Waals surface area contributed by atoms with Gasteiger partial charge in [0, 0.05) is 43.6 Å². The van der Waals surface area contributed by atoms with Crippen LogP contribution in [0.5, 0.6) is 0 Å². The van der Waals surface area contributed by atoms with Crippen LogP contribution in [0.15, 0.2) is 24.5 Å². The quantitative estimate of drug-likeness (QED) is 0.672. The van der Waals surface area contributed by atoms with E-state index in [-0.39, 0.29) is 6.09 Å². The van der Waals surface area contributed by atoms with Crippen LogP contribution >= 0.6 is 0 Å². The maximum atomic E-state index is 12.4. The van der Waals surface area contributed by atoms with Gasteiger partial charge in [0.1, 0.15) is 5.60 Å². The monoisotopic (exact) mass is 436 g/mol. The Hall–Kier alpha value is -2.50. The maximum Gasteiger partial charge on any atom is 0.410 e. The molecular formula is C26H36N4O2. The van der Waals surface area contributed by atoms with Crippen LogP contribution in [-0.2, 0) is 17.6 Å². The fourth-order valence-electron chi connectivity index (χ4n) is 5.06. The number of anilines is 1. The molecule has 1 saturated heterocycles. The van der Waals surface area contributed by atoms with Gasteiger partial charge in [-0.05, 0) is 88.5 Å². The van der Waals surface area contributed by atoms with E-state index in [1.54, 1.807) is 0 Å². The number of carbonyl (C=O) groups excluding carboxylic acids is 1. The molecule has 172 valence electrons. The Morgan fingerprint density at radius 3 is 2.62 bits per heavy atom. The zero-order valence-electron chi connectivity index (χ0n) is 20.1. The zero-order valence-corrected chi connectivity index (χ0v) is 20.1. The summed E-state index contributed by atoms with van der Waals surface area (Å²) >= 11 is 0. The number of ether oxygens (including phenoxy) is 1. The predicted molar refractivity (Wildman–Crippen MR) is 127 cm³/mol. The van der Waals surface area contributed by atoms with Crippen molar-refractivity contribution in [2.45, 2.75) is 77.5 Å². The summed E-state index contributed by atoms with van der Waals surface area (Å²) in [5.41, 5.74) is 6.38. The molecule has 3 heterocycles. The Labute approximate surface area is 191 Å². The van der Waals surface area contributed by atoms with E-state index < -0.39 is 5.60 Å². The first-order valence-corrected chi connectivity index (χ1v) is 12.1. The van der Waals surface area contributed by atoms with Crippen LogP contribution in [0.1, 0.15) is 64.1 Å². The summed E-state index contributed by atoms with van der Waals surface area (Å²) in [5, 5.41) is 4.65. The van der Waals surface area contributed by atoms with Gasteiger partial charge in [0.25, 0.3) is 0 Å². The minimum Gasteiger partial charge on any atom is -0.444 e. The minimum atomic E-state index is -0.448. The molecule has 1 saturated carbocycles. The van der Waals surface area contributed by atoms with E-state index in [1.165, 1.54) is 47.2 Å². The van der Waals surface area contributed by atoms with Crippen LogP contribution in [0.4, 0.5) is 10.5 Å². The fraction of sp³-hybridized carbons (Fsp3) is 0.615. The molecule has 2 aromatic rings. The van der Waals surface area contributed by atoms with Gasteiger partial charge in [-0.3, -0.25) is 4.68 Å². The van der Waals surface area contributed by atoms with Gasteiger partial charge in [0.15, 0.2) is 0 Å². The van der Waals surface area contributed by atoms with Gasteiger partial charge < -0.3 is 14.5 Å². The van der Waals surface area contributed by atoms with Crippen LogP contribution in [0.2, 0.25) is 0 Å². The molecular weight excluding hydrogens is 400 g/mol. The van der Waals surface area contributed by atoms with Gasteiger partial charge in [-0.25, -0.2) is 4.79 Å². The largest absolute Gasteiger partial charge is 0.444 e. The molecule has 1 aromatic heterocycles. The van der Waals surface area contributed by atoms with Gasteiger partial charge in [-0.2, -0.15) is 5.10 Å². The SMILES string of the molecule is CC1CCc2c(ccc(-c3cnn(C4CC4)c3)c2CC2CN(C(=O)OC(C)(C)C)C2)N1C. The molecule has 3 aliphatic rings. The second-order valence-electron chi connectivity index (χ2n) is 11.0. The molecule has 0 radical (unpaired) electrons.